The van der Waals surface area contributed by atoms with E-state index in [1.54, 1.807) is 24.3 Å². The van der Waals surface area contributed by atoms with Crippen LogP contribution in [0.3, 0.4) is 0 Å². The molecule has 108 valence electrons. The van der Waals surface area contributed by atoms with E-state index >= 15 is 0 Å². The van der Waals surface area contributed by atoms with Gasteiger partial charge in [-0.15, -0.1) is 11.8 Å². The SMILES string of the molecule is COC(=O)C1(NC2CC2)CCC(Sc2ccncn2)C1. The van der Waals surface area contributed by atoms with E-state index in [-0.39, 0.29) is 5.97 Å². The summed E-state index contributed by atoms with van der Waals surface area (Å²) in [6.45, 7) is 0. The first-order valence-corrected chi connectivity index (χ1v) is 7.88. The van der Waals surface area contributed by atoms with Crippen molar-refractivity contribution < 1.29 is 9.53 Å². The van der Waals surface area contributed by atoms with E-state index in [0.717, 1.165) is 24.3 Å². The Labute approximate surface area is 122 Å². The molecule has 2 unspecified atom stereocenters. The summed E-state index contributed by atoms with van der Waals surface area (Å²) in [5.41, 5.74) is -0.486. The van der Waals surface area contributed by atoms with E-state index < -0.39 is 5.54 Å². The van der Waals surface area contributed by atoms with E-state index in [4.69, 9.17) is 4.74 Å². The van der Waals surface area contributed by atoms with E-state index in [0.29, 0.717) is 11.3 Å². The van der Waals surface area contributed by atoms with Crippen LogP contribution in [0.2, 0.25) is 0 Å². The van der Waals surface area contributed by atoms with Gasteiger partial charge < -0.3 is 4.74 Å². The van der Waals surface area contributed by atoms with E-state index in [9.17, 15) is 4.79 Å². The van der Waals surface area contributed by atoms with Crippen molar-refractivity contribution in [2.24, 2.45) is 0 Å². The number of rotatable bonds is 5. The van der Waals surface area contributed by atoms with Gasteiger partial charge in [-0.2, -0.15) is 0 Å². The zero-order valence-electron chi connectivity index (χ0n) is 11.5. The average Bonchev–Trinajstić information content (AvgIpc) is 3.19. The van der Waals surface area contributed by atoms with Gasteiger partial charge in [0.1, 0.15) is 11.9 Å². The maximum absolute atomic E-state index is 12.2. The van der Waals surface area contributed by atoms with Crippen molar-refractivity contribution in [3.05, 3.63) is 18.6 Å². The number of esters is 1. The Hall–Kier alpha value is -1.14. The van der Waals surface area contributed by atoms with Gasteiger partial charge in [0.05, 0.1) is 12.1 Å². The average molecular weight is 293 g/mol. The van der Waals surface area contributed by atoms with Gasteiger partial charge in [0.25, 0.3) is 0 Å². The molecule has 2 fully saturated rings. The summed E-state index contributed by atoms with van der Waals surface area (Å²) in [5, 5.41) is 4.88. The molecule has 0 amide bonds. The first-order chi connectivity index (χ1) is 9.72. The largest absolute Gasteiger partial charge is 0.468 e. The van der Waals surface area contributed by atoms with Gasteiger partial charge in [-0.3, -0.25) is 10.1 Å². The lowest BCUT2D eigenvalue weighted by Gasteiger charge is -2.27. The van der Waals surface area contributed by atoms with E-state index in [1.807, 2.05) is 6.07 Å². The summed E-state index contributed by atoms with van der Waals surface area (Å²) in [7, 11) is 1.48. The number of aromatic nitrogens is 2. The van der Waals surface area contributed by atoms with Gasteiger partial charge in [-0.1, -0.05) is 0 Å². The molecule has 1 N–H and O–H groups in total. The highest BCUT2D eigenvalue weighted by Gasteiger charge is 2.49. The van der Waals surface area contributed by atoms with Crippen molar-refractivity contribution in [2.45, 2.75) is 54.0 Å². The Kier molecular flexibility index (Phi) is 3.94. The fourth-order valence-corrected chi connectivity index (χ4v) is 4.00. The summed E-state index contributed by atoms with van der Waals surface area (Å²) < 4.78 is 5.03. The Bertz CT molecular complexity index is 481. The smallest absolute Gasteiger partial charge is 0.326 e. The summed E-state index contributed by atoms with van der Waals surface area (Å²) in [6, 6.07) is 2.41. The number of carbonyl (C=O) groups excluding carboxylic acids is 1. The van der Waals surface area contributed by atoms with Crippen LogP contribution in [-0.4, -0.2) is 39.9 Å². The quantitative estimate of drug-likeness (QED) is 0.659. The van der Waals surface area contributed by atoms with Crippen LogP contribution >= 0.6 is 11.8 Å². The zero-order chi connectivity index (χ0) is 14.0. The monoisotopic (exact) mass is 293 g/mol. The molecule has 6 heteroatoms. The number of hydrogen-bond acceptors (Lipinski definition) is 6. The second kappa shape index (κ2) is 5.69. The minimum atomic E-state index is -0.486. The second-order valence-electron chi connectivity index (χ2n) is 5.52. The molecule has 1 heterocycles. The number of methoxy groups -OCH3 is 1. The normalized spacial score (nSPS) is 29.4. The highest BCUT2D eigenvalue weighted by Crippen LogP contribution is 2.41. The van der Waals surface area contributed by atoms with Crippen LogP contribution in [0.15, 0.2) is 23.6 Å². The topological polar surface area (TPSA) is 64.1 Å². The van der Waals surface area contributed by atoms with Crippen molar-refractivity contribution in [2.75, 3.05) is 7.11 Å². The number of hydrogen-bond donors (Lipinski definition) is 1. The molecule has 2 aliphatic carbocycles. The van der Waals surface area contributed by atoms with Gasteiger partial charge in [0, 0.05) is 17.5 Å². The fraction of sp³-hybridized carbons (Fsp3) is 0.643. The van der Waals surface area contributed by atoms with Gasteiger partial charge in [-0.25, -0.2) is 9.97 Å². The maximum atomic E-state index is 12.2. The van der Waals surface area contributed by atoms with Gasteiger partial charge in [-0.05, 0) is 38.2 Å². The minimum Gasteiger partial charge on any atom is -0.468 e. The van der Waals surface area contributed by atoms with Crippen LogP contribution in [0.1, 0.15) is 32.1 Å². The molecule has 0 bridgehead atoms. The first-order valence-electron chi connectivity index (χ1n) is 7.01. The van der Waals surface area contributed by atoms with Crippen molar-refractivity contribution in [1.29, 1.82) is 0 Å². The maximum Gasteiger partial charge on any atom is 0.326 e. The number of thioether (sulfide) groups is 1. The molecule has 2 aliphatic rings. The van der Waals surface area contributed by atoms with Crippen LogP contribution < -0.4 is 5.32 Å². The van der Waals surface area contributed by atoms with E-state index in [2.05, 4.69) is 15.3 Å². The molecule has 1 aromatic heterocycles. The predicted molar refractivity (Wildman–Crippen MR) is 76.4 cm³/mol. The number of ether oxygens (including phenoxy) is 1. The fourth-order valence-electron chi connectivity index (χ4n) is 2.81. The molecule has 5 nitrogen and oxygen atoms in total. The zero-order valence-corrected chi connectivity index (χ0v) is 12.4. The molecular formula is C14H19N3O2S. The van der Waals surface area contributed by atoms with Crippen molar-refractivity contribution >= 4 is 17.7 Å². The number of carbonyl (C=O) groups is 1. The van der Waals surface area contributed by atoms with E-state index in [1.165, 1.54) is 20.0 Å². The molecule has 20 heavy (non-hydrogen) atoms. The third-order valence-electron chi connectivity index (χ3n) is 3.95. The molecule has 3 rings (SSSR count). The molecule has 0 aromatic carbocycles. The summed E-state index contributed by atoms with van der Waals surface area (Å²) in [4.78, 5) is 20.3. The minimum absolute atomic E-state index is 0.116. The Balaban J connectivity index is 1.67. The van der Waals surface area contributed by atoms with Crippen LogP contribution in [0.5, 0.6) is 0 Å². The standard InChI is InChI=1S/C14H19N3O2S/c1-19-13(18)14(17-10-2-3-10)6-4-11(8-14)20-12-5-7-15-9-16-12/h5,7,9-11,17H,2-4,6,8H2,1H3. The second-order valence-corrected chi connectivity index (χ2v) is 6.84. The number of nitrogens with zero attached hydrogens (tertiary/aromatic N) is 2. The third-order valence-corrected chi connectivity index (χ3v) is 5.16. The number of nitrogens with one attached hydrogen (secondary N) is 1. The Morgan fingerprint density at radius 1 is 1.50 bits per heavy atom. The molecule has 0 aliphatic heterocycles. The molecule has 0 saturated heterocycles. The highest BCUT2D eigenvalue weighted by molar-refractivity contribution is 7.99. The van der Waals surface area contributed by atoms with Crippen LogP contribution in [0.25, 0.3) is 0 Å². The van der Waals surface area contributed by atoms with Crippen LogP contribution in [-0.2, 0) is 9.53 Å². The lowest BCUT2D eigenvalue weighted by atomic mass is 9.97. The molecule has 1 aromatic rings. The van der Waals surface area contributed by atoms with Crippen molar-refractivity contribution in [3.63, 3.8) is 0 Å². The van der Waals surface area contributed by atoms with Crippen molar-refractivity contribution in [3.8, 4) is 0 Å². The van der Waals surface area contributed by atoms with Crippen LogP contribution in [0, 0.1) is 0 Å². The predicted octanol–water partition coefficient (Wildman–Crippen LogP) is 1.78. The Morgan fingerprint density at radius 2 is 2.35 bits per heavy atom. The summed E-state index contributed by atoms with van der Waals surface area (Å²) in [5.74, 6) is -0.116. The van der Waals surface area contributed by atoms with Crippen LogP contribution in [0.4, 0.5) is 0 Å². The molecule has 2 saturated carbocycles. The summed E-state index contributed by atoms with van der Waals surface area (Å²) >= 11 is 1.73. The lowest BCUT2D eigenvalue weighted by molar-refractivity contribution is -0.148. The lowest BCUT2D eigenvalue weighted by Crippen LogP contribution is -2.52. The Morgan fingerprint density at radius 3 is 3.00 bits per heavy atom. The first kappa shape index (κ1) is 13.8. The van der Waals surface area contributed by atoms with Gasteiger partial charge >= 0.3 is 5.97 Å². The molecule has 0 spiro atoms. The third kappa shape index (κ3) is 2.96. The summed E-state index contributed by atoms with van der Waals surface area (Å²) in [6.07, 6.45) is 8.31. The molecular weight excluding hydrogens is 274 g/mol. The van der Waals surface area contributed by atoms with Gasteiger partial charge in [0.15, 0.2) is 0 Å². The highest BCUT2D eigenvalue weighted by atomic mass is 32.2. The van der Waals surface area contributed by atoms with Gasteiger partial charge in [0.2, 0.25) is 0 Å². The van der Waals surface area contributed by atoms with Crippen molar-refractivity contribution in [1.82, 2.24) is 15.3 Å². The molecule has 2 atom stereocenters. The molecule has 0 radical (unpaired) electrons.